The van der Waals surface area contributed by atoms with E-state index in [0.717, 1.165) is 47.4 Å². The van der Waals surface area contributed by atoms with Crippen LogP contribution >= 0.6 is 11.6 Å². The monoisotopic (exact) mass is 433 g/mol. The lowest BCUT2D eigenvalue weighted by Crippen LogP contribution is -2.25. The van der Waals surface area contributed by atoms with Crippen LogP contribution in [0.15, 0.2) is 66.5 Å². The smallest absolute Gasteiger partial charge is 0.166 e. The molecule has 4 rings (SSSR count). The predicted molar refractivity (Wildman–Crippen MR) is 125 cm³/mol. The van der Waals surface area contributed by atoms with Gasteiger partial charge >= 0.3 is 0 Å². The number of fused-ring (bicyclic) bond motifs is 1. The average molecular weight is 434 g/mol. The molecule has 1 aliphatic carbocycles. The van der Waals surface area contributed by atoms with Gasteiger partial charge in [-0.15, -0.1) is 0 Å². The third-order valence-electron chi connectivity index (χ3n) is 6.42. The molecule has 1 aliphatic heterocycles. The third-order valence-corrected chi connectivity index (χ3v) is 6.79. The molecule has 0 fully saturated rings. The second-order valence-corrected chi connectivity index (χ2v) is 9.10. The number of carbonyl (C=O) groups is 2. The molecule has 0 spiro atoms. The van der Waals surface area contributed by atoms with Crippen LogP contribution in [0.3, 0.4) is 0 Å². The number of benzene rings is 2. The first-order valence-electron chi connectivity index (χ1n) is 11.0. The van der Waals surface area contributed by atoms with Crippen LogP contribution < -0.4 is 0 Å². The molecule has 160 valence electrons. The number of rotatable bonds is 6. The molecule has 0 N–H and O–H groups in total. The zero-order chi connectivity index (χ0) is 22.0. The van der Waals surface area contributed by atoms with Crippen molar-refractivity contribution in [2.45, 2.75) is 46.1 Å². The number of aryl methyl sites for hydroxylation is 2. The number of hydrogen-bond donors (Lipinski definition) is 0. The zero-order valence-electron chi connectivity index (χ0n) is 18.1. The van der Waals surface area contributed by atoms with E-state index in [1.54, 1.807) is 6.92 Å². The van der Waals surface area contributed by atoms with E-state index in [9.17, 15) is 9.59 Å². The Morgan fingerprint density at radius 2 is 1.97 bits per heavy atom. The summed E-state index contributed by atoms with van der Waals surface area (Å²) < 4.78 is 0. The molecular weight excluding hydrogens is 406 g/mol. The van der Waals surface area contributed by atoms with Crippen molar-refractivity contribution in [3.63, 3.8) is 0 Å². The standard InChI is InChI=1S/C27H28ClNO2/c1-18-7-12-24-22(15-18)11-10-21(27(24)31)9-8-20-13-14-29(17-25(20)19(2)30)16-23-5-3-4-6-26(23)28/h3-7,12-15,17,20-21H,8-11,16H2,1-2H3. The molecular formula is C27H28ClNO2. The predicted octanol–water partition coefficient (Wildman–Crippen LogP) is 6.29. The number of carbonyl (C=O) groups excluding carboxylic acids is 2. The van der Waals surface area contributed by atoms with Gasteiger partial charge in [0.05, 0.1) is 0 Å². The molecule has 31 heavy (non-hydrogen) atoms. The van der Waals surface area contributed by atoms with E-state index >= 15 is 0 Å². The average Bonchev–Trinajstić information content (AvgIpc) is 2.75. The summed E-state index contributed by atoms with van der Waals surface area (Å²) in [5, 5.41) is 0.724. The lowest BCUT2D eigenvalue weighted by atomic mass is 9.78. The van der Waals surface area contributed by atoms with Crippen LogP contribution in [-0.2, 0) is 17.8 Å². The number of halogens is 1. The maximum Gasteiger partial charge on any atom is 0.166 e. The van der Waals surface area contributed by atoms with Crippen LogP contribution in [0.25, 0.3) is 0 Å². The maximum atomic E-state index is 13.0. The molecule has 0 amide bonds. The first kappa shape index (κ1) is 21.6. The molecule has 2 aromatic rings. The number of ketones is 2. The number of Topliss-reactive ketones (excluding diaryl/α,β-unsaturated/α-hetero) is 2. The summed E-state index contributed by atoms with van der Waals surface area (Å²) in [7, 11) is 0. The molecule has 0 bridgehead atoms. The molecule has 0 saturated carbocycles. The molecule has 2 aromatic carbocycles. The first-order valence-corrected chi connectivity index (χ1v) is 11.3. The van der Waals surface area contributed by atoms with Crippen molar-refractivity contribution in [1.82, 2.24) is 4.90 Å². The fourth-order valence-corrected chi connectivity index (χ4v) is 4.86. The highest BCUT2D eigenvalue weighted by molar-refractivity contribution is 6.31. The lowest BCUT2D eigenvalue weighted by Gasteiger charge is -2.28. The summed E-state index contributed by atoms with van der Waals surface area (Å²) >= 11 is 6.29. The maximum absolute atomic E-state index is 13.0. The van der Waals surface area contributed by atoms with Crippen molar-refractivity contribution in [3.05, 3.63) is 93.8 Å². The largest absolute Gasteiger partial charge is 0.350 e. The Morgan fingerprint density at radius 3 is 2.74 bits per heavy atom. The Kier molecular flexibility index (Phi) is 6.43. The van der Waals surface area contributed by atoms with Crippen LogP contribution in [0.4, 0.5) is 0 Å². The van der Waals surface area contributed by atoms with Gasteiger partial charge in [0.25, 0.3) is 0 Å². The molecule has 0 aromatic heterocycles. The third kappa shape index (κ3) is 4.83. The molecule has 2 aliphatic rings. The summed E-state index contributed by atoms with van der Waals surface area (Å²) in [6, 6.07) is 13.9. The van der Waals surface area contributed by atoms with Crippen molar-refractivity contribution in [3.8, 4) is 0 Å². The zero-order valence-corrected chi connectivity index (χ0v) is 18.9. The normalized spacial score (nSPS) is 20.4. The molecule has 0 radical (unpaired) electrons. The highest BCUT2D eigenvalue weighted by Gasteiger charge is 2.29. The lowest BCUT2D eigenvalue weighted by molar-refractivity contribution is -0.114. The number of hydrogen-bond acceptors (Lipinski definition) is 3. The van der Waals surface area contributed by atoms with E-state index in [2.05, 4.69) is 19.1 Å². The van der Waals surface area contributed by atoms with Gasteiger partial charge in [0.2, 0.25) is 0 Å². The van der Waals surface area contributed by atoms with Crippen molar-refractivity contribution >= 4 is 23.2 Å². The van der Waals surface area contributed by atoms with Gasteiger partial charge in [0.1, 0.15) is 0 Å². The van der Waals surface area contributed by atoms with Gasteiger partial charge in [0.15, 0.2) is 11.6 Å². The van der Waals surface area contributed by atoms with E-state index < -0.39 is 0 Å². The van der Waals surface area contributed by atoms with E-state index in [1.807, 2.05) is 53.7 Å². The first-order chi connectivity index (χ1) is 14.9. The van der Waals surface area contributed by atoms with Crippen molar-refractivity contribution in [2.24, 2.45) is 11.8 Å². The summed E-state index contributed by atoms with van der Waals surface area (Å²) in [6.07, 6.45) is 9.52. The topological polar surface area (TPSA) is 37.4 Å². The quantitative estimate of drug-likeness (QED) is 0.537. The van der Waals surface area contributed by atoms with E-state index in [4.69, 9.17) is 11.6 Å². The Labute approximate surface area is 189 Å². The summed E-state index contributed by atoms with van der Waals surface area (Å²) in [5.41, 5.74) is 5.09. The van der Waals surface area contributed by atoms with E-state index in [-0.39, 0.29) is 23.4 Å². The molecule has 3 nitrogen and oxygen atoms in total. The Bertz CT molecular complexity index is 1070. The molecule has 4 heteroatoms. The minimum Gasteiger partial charge on any atom is -0.350 e. The van der Waals surface area contributed by atoms with Gasteiger partial charge in [-0.25, -0.2) is 0 Å². The van der Waals surface area contributed by atoms with Gasteiger partial charge in [-0.2, -0.15) is 0 Å². The molecule has 2 unspecified atom stereocenters. The van der Waals surface area contributed by atoms with Gasteiger partial charge in [0, 0.05) is 46.9 Å². The summed E-state index contributed by atoms with van der Waals surface area (Å²) in [6.45, 7) is 4.31. The van der Waals surface area contributed by atoms with Crippen LogP contribution in [0.5, 0.6) is 0 Å². The Hall–Kier alpha value is -2.65. The van der Waals surface area contributed by atoms with Crippen LogP contribution in [0.2, 0.25) is 5.02 Å². The summed E-state index contributed by atoms with van der Waals surface area (Å²) in [5.74, 6) is 0.425. The van der Waals surface area contributed by atoms with Crippen molar-refractivity contribution in [1.29, 1.82) is 0 Å². The Morgan fingerprint density at radius 1 is 1.16 bits per heavy atom. The van der Waals surface area contributed by atoms with Crippen molar-refractivity contribution < 1.29 is 9.59 Å². The fourth-order valence-electron chi connectivity index (χ4n) is 4.67. The SMILES string of the molecule is CC(=O)C1=CN(Cc2ccccc2Cl)C=CC1CCC1CCc2cc(C)ccc2C1=O. The highest BCUT2D eigenvalue weighted by Crippen LogP contribution is 2.33. The molecule has 1 heterocycles. The fraction of sp³-hybridized carbons (Fsp3) is 0.333. The summed E-state index contributed by atoms with van der Waals surface area (Å²) in [4.78, 5) is 27.4. The van der Waals surface area contributed by atoms with Gasteiger partial charge in [-0.1, -0.05) is 59.6 Å². The van der Waals surface area contributed by atoms with Gasteiger partial charge in [-0.05, 0) is 56.7 Å². The second-order valence-electron chi connectivity index (χ2n) is 8.69. The van der Waals surface area contributed by atoms with Crippen LogP contribution in [0.1, 0.15) is 53.2 Å². The van der Waals surface area contributed by atoms with E-state index in [0.29, 0.717) is 6.54 Å². The van der Waals surface area contributed by atoms with Crippen LogP contribution in [0, 0.1) is 18.8 Å². The van der Waals surface area contributed by atoms with Crippen LogP contribution in [-0.4, -0.2) is 16.5 Å². The van der Waals surface area contributed by atoms with Gasteiger partial charge < -0.3 is 4.90 Å². The van der Waals surface area contributed by atoms with E-state index in [1.165, 1.54) is 11.1 Å². The number of nitrogens with zero attached hydrogens (tertiary/aromatic N) is 1. The minimum absolute atomic E-state index is 0.0398. The highest BCUT2D eigenvalue weighted by atomic mass is 35.5. The molecule has 0 saturated heterocycles. The molecule has 2 atom stereocenters. The minimum atomic E-state index is 0.0398. The van der Waals surface area contributed by atoms with Crippen molar-refractivity contribution in [2.75, 3.05) is 0 Å². The Balaban J connectivity index is 1.42. The van der Waals surface area contributed by atoms with Gasteiger partial charge in [-0.3, -0.25) is 9.59 Å². The second kappa shape index (κ2) is 9.23. The number of allylic oxidation sites excluding steroid dienone is 2.